The molecule has 0 aliphatic carbocycles. The number of esters is 2. The van der Waals surface area contributed by atoms with Crippen molar-refractivity contribution in [2.75, 3.05) is 12.4 Å². The van der Waals surface area contributed by atoms with E-state index in [9.17, 15) is 29.3 Å². The lowest BCUT2D eigenvalue weighted by atomic mass is 9.82. The molecule has 0 amide bonds. The first kappa shape index (κ1) is 29.7. The summed E-state index contributed by atoms with van der Waals surface area (Å²) < 4.78 is 12.5. The Bertz CT molecular complexity index is 1880. The second-order valence-electron chi connectivity index (χ2n) is 10.1. The molecule has 1 aromatic heterocycles. The fraction of sp³-hybridized carbons (Fsp3) is 0.188. The lowest BCUT2D eigenvalue weighted by Gasteiger charge is -2.31. The third-order valence-corrected chi connectivity index (χ3v) is 7.32. The van der Waals surface area contributed by atoms with Crippen molar-refractivity contribution in [1.82, 2.24) is 9.13 Å². The normalized spacial score (nSPS) is 13.9. The molecule has 0 saturated heterocycles. The maximum atomic E-state index is 14.1. The summed E-state index contributed by atoms with van der Waals surface area (Å²) in [6, 6.07) is 23.5. The van der Waals surface area contributed by atoms with Gasteiger partial charge >= 0.3 is 17.6 Å². The smallest absolute Gasteiger partial charge is 0.337 e. The van der Waals surface area contributed by atoms with Gasteiger partial charge in [0.25, 0.3) is 11.2 Å². The van der Waals surface area contributed by atoms with Crippen LogP contribution in [0.3, 0.4) is 0 Å². The predicted octanol–water partition coefficient (Wildman–Crippen LogP) is 3.71. The number of nitrogens with one attached hydrogen (secondary N) is 1. The first-order valence-electron chi connectivity index (χ1n) is 13.6. The fourth-order valence-electron chi connectivity index (χ4n) is 5.16. The number of non-ortho nitro benzene ring substituents is 1. The van der Waals surface area contributed by atoms with Crippen LogP contribution in [0.1, 0.15) is 35.1 Å². The molecule has 12 heteroatoms. The molecule has 3 aromatic carbocycles. The number of anilines is 1. The van der Waals surface area contributed by atoms with Crippen LogP contribution in [0.25, 0.3) is 0 Å². The molecule has 224 valence electrons. The minimum absolute atomic E-state index is 0.00412. The highest BCUT2D eigenvalue weighted by molar-refractivity contribution is 5.94. The van der Waals surface area contributed by atoms with E-state index in [4.69, 9.17) is 9.47 Å². The number of hydrogen-bond donors (Lipinski definition) is 1. The van der Waals surface area contributed by atoms with E-state index in [1.807, 2.05) is 24.3 Å². The van der Waals surface area contributed by atoms with Crippen LogP contribution in [0.4, 0.5) is 11.5 Å². The molecule has 5 rings (SSSR count). The molecule has 0 fully saturated rings. The number of carbonyl (C=O) groups is 2. The van der Waals surface area contributed by atoms with E-state index in [1.54, 1.807) is 43.3 Å². The zero-order chi connectivity index (χ0) is 31.4. The summed E-state index contributed by atoms with van der Waals surface area (Å²) in [5, 5.41) is 14.5. The third kappa shape index (κ3) is 5.91. The number of allylic oxidation sites excluding steroid dienone is 1. The van der Waals surface area contributed by atoms with Gasteiger partial charge in [0.1, 0.15) is 19.0 Å². The number of ether oxygens (including phenoxy) is 2. The van der Waals surface area contributed by atoms with Crippen LogP contribution >= 0.6 is 0 Å². The van der Waals surface area contributed by atoms with Crippen LogP contribution in [0.5, 0.6) is 0 Å². The summed E-state index contributed by atoms with van der Waals surface area (Å²) in [5.74, 6) is -2.52. The Balaban J connectivity index is 1.73. The van der Waals surface area contributed by atoms with Gasteiger partial charge in [-0.25, -0.2) is 14.2 Å². The molecule has 44 heavy (non-hydrogen) atoms. The van der Waals surface area contributed by atoms with Crippen molar-refractivity contribution in [2.45, 2.75) is 32.5 Å². The molecule has 0 bridgehead atoms. The van der Waals surface area contributed by atoms with Crippen LogP contribution in [0.15, 0.2) is 106 Å². The van der Waals surface area contributed by atoms with Gasteiger partial charge in [0.2, 0.25) is 0 Å². The quantitative estimate of drug-likeness (QED) is 0.173. The Morgan fingerprint density at radius 3 is 2.11 bits per heavy atom. The van der Waals surface area contributed by atoms with E-state index in [-0.39, 0.29) is 35.8 Å². The monoisotopic (exact) mass is 596 g/mol. The second-order valence-corrected chi connectivity index (χ2v) is 10.1. The van der Waals surface area contributed by atoms with Crippen molar-refractivity contribution in [3.63, 3.8) is 0 Å². The fourth-order valence-corrected chi connectivity index (χ4v) is 5.16. The lowest BCUT2D eigenvalue weighted by Crippen LogP contribution is -2.47. The Hall–Kier alpha value is -5.78. The van der Waals surface area contributed by atoms with E-state index in [1.165, 1.54) is 28.8 Å². The maximum Gasteiger partial charge on any atom is 0.337 e. The largest absolute Gasteiger partial charge is 0.468 e. The number of carbonyl (C=O) groups excluding carboxylic acids is 2. The number of aromatic nitrogens is 2. The number of benzene rings is 3. The van der Waals surface area contributed by atoms with Gasteiger partial charge in [0, 0.05) is 17.8 Å². The summed E-state index contributed by atoms with van der Waals surface area (Å²) in [6.45, 7) is 0.943. The van der Waals surface area contributed by atoms with Gasteiger partial charge in [-0.3, -0.25) is 24.3 Å². The summed E-state index contributed by atoms with van der Waals surface area (Å²) in [5.41, 5.74) is 0.479. The summed E-state index contributed by atoms with van der Waals surface area (Å²) in [7, 11) is 1.14. The summed E-state index contributed by atoms with van der Waals surface area (Å²) >= 11 is 0. The van der Waals surface area contributed by atoms with E-state index in [0.29, 0.717) is 11.3 Å². The average molecular weight is 597 g/mol. The minimum atomic E-state index is -1.10. The standard InChI is InChI=1S/C32H28N4O8/c1-20-26(31(39)44-19-22-11-7-4-8-12-22)27(23-13-15-24(16-14-23)36(41)42)28-29(33-20)34(17-21-9-5-3-6-10-21)32(40)35(30(28)38)18-25(37)43-2/h3-16,27,33H,17-19H2,1-2H3. The SMILES string of the molecule is COC(=O)Cn1c(=O)c2c(n(Cc3ccccc3)c1=O)NC(C)=C(C(=O)OCc1ccccc1)C2c1ccc([N+](=O)[O-])cc1. The topological polar surface area (TPSA) is 152 Å². The highest BCUT2D eigenvalue weighted by Crippen LogP contribution is 2.41. The number of rotatable bonds is 9. The average Bonchev–Trinajstić information content (AvgIpc) is 3.04. The molecular formula is C32H28N4O8. The Kier molecular flexibility index (Phi) is 8.51. The zero-order valence-electron chi connectivity index (χ0n) is 23.9. The predicted molar refractivity (Wildman–Crippen MR) is 160 cm³/mol. The number of nitro benzene ring substituents is 1. The molecule has 1 unspecified atom stereocenters. The van der Waals surface area contributed by atoms with E-state index in [0.717, 1.165) is 22.8 Å². The van der Waals surface area contributed by atoms with Gasteiger partial charge < -0.3 is 14.8 Å². The van der Waals surface area contributed by atoms with Crippen molar-refractivity contribution in [3.8, 4) is 0 Å². The summed E-state index contributed by atoms with van der Waals surface area (Å²) in [4.78, 5) is 64.8. The maximum absolute atomic E-state index is 14.1. The number of fused-ring (bicyclic) bond motifs is 1. The number of nitro groups is 1. The van der Waals surface area contributed by atoms with Crippen molar-refractivity contribution in [2.24, 2.45) is 0 Å². The number of methoxy groups -OCH3 is 1. The Labute approximate surface area is 250 Å². The molecule has 0 radical (unpaired) electrons. The van der Waals surface area contributed by atoms with Gasteiger partial charge in [0.15, 0.2) is 0 Å². The van der Waals surface area contributed by atoms with Gasteiger partial charge in [-0.05, 0) is 23.6 Å². The van der Waals surface area contributed by atoms with Crippen molar-refractivity contribution in [1.29, 1.82) is 0 Å². The Morgan fingerprint density at radius 2 is 1.52 bits per heavy atom. The summed E-state index contributed by atoms with van der Waals surface area (Å²) in [6.07, 6.45) is 0. The molecule has 0 saturated carbocycles. The number of nitrogens with zero attached hydrogens (tertiary/aromatic N) is 3. The van der Waals surface area contributed by atoms with Crippen LogP contribution in [-0.2, 0) is 38.8 Å². The molecular weight excluding hydrogens is 568 g/mol. The molecule has 1 aliphatic rings. The molecule has 0 spiro atoms. The van der Waals surface area contributed by atoms with E-state index in [2.05, 4.69) is 5.32 Å². The first-order chi connectivity index (χ1) is 21.2. The Morgan fingerprint density at radius 1 is 0.909 bits per heavy atom. The lowest BCUT2D eigenvalue weighted by molar-refractivity contribution is -0.384. The van der Waals surface area contributed by atoms with Crippen LogP contribution < -0.4 is 16.6 Å². The van der Waals surface area contributed by atoms with E-state index < -0.39 is 40.6 Å². The molecule has 12 nitrogen and oxygen atoms in total. The molecule has 1 N–H and O–H groups in total. The van der Waals surface area contributed by atoms with Crippen LogP contribution in [0.2, 0.25) is 0 Å². The molecule has 2 heterocycles. The number of hydrogen-bond acceptors (Lipinski definition) is 9. The van der Waals surface area contributed by atoms with Gasteiger partial charge in [-0.2, -0.15) is 0 Å². The van der Waals surface area contributed by atoms with Gasteiger partial charge in [0.05, 0.1) is 35.6 Å². The zero-order valence-corrected chi connectivity index (χ0v) is 23.9. The first-order valence-corrected chi connectivity index (χ1v) is 13.6. The highest BCUT2D eigenvalue weighted by Gasteiger charge is 2.38. The molecule has 4 aromatic rings. The van der Waals surface area contributed by atoms with E-state index >= 15 is 0 Å². The highest BCUT2D eigenvalue weighted by atomic mass is 16.6. The minimum Gasteiger partial charge on any atom is -0.468 e. The van der Waals surface area contributed by atoms with Gasteiger partial charge in [-0.1, -0.05) is 72.8 Å². The molecule has 1 aliphatic heterocycles. The molecule has 1 atom stereocenters. The van der Waals surface area contributed by atoms with Crippen LogP contribution in [-0.4, -0.2) is 33.1 Å². The van der Waals surface area contributed by atoms with Crippen molar-refractivity contribution < 1.29 is 24.0 Å². The second kappa shape index (κ2) is 12.6. The van der Waals surface area contributed by atoms with Crippen LogP contribution in [0, 0.1) is 10.1 Å². The third-order valence-electron chi connectivity index (χ3n) is 7.32. The van der Waals surface area contributed by atoms with Gasteiger partial charge in [-0.15, -0.1) is 0 Å². The van der Waals surface area contributed by atoms with Crippen molar-refractivity contribution >= 4 is 23.4 Å². The van der Waals surface area contributed by atoms with Crippen molar-refractivity contribution in [3.05, 3.63) is 149 Å².